The number of nitrogens with zero attached hydrogens (tertiary/aromatic N) is 2. The van der Waals surface area contributed by atoms with E-state index in [9.17, 15) is 34.2 Å². The average Bonchev–Trinajstić information content (AvgIpc) is 3.02. The van der Waals surface area contributed by atoms with Gasteiger partial charge in [-0.2, -0.15) is 8.51 Å². The van der Waals surface area contributed by atoms with Crippen molar-refractivity contribution in [1.82, 2.24) is 9.62 Å². The van der Waals surface area contributed by atoms with E-state index in [1.807, 2.05) is 0 Å². The van der Waals surface area contributed by atoms with E-state index in [0.717, 1.165) is 0 Å². The molecule has 2 aliphatic heterocycles. The Bertz CT molecular complexity index is 1480. The maximum absolute atomic E-state index is 14.5. The number of nitrogens with one attached hydrogen (secondary N) is 1. The Kier molecular flexibility index (Phi) is 12.1. The molecule has 2 fully saturated rings. The monoisotopic (exact) mass is 681 g/mol. The minimum atomic E-state index is -3.65. The van der Waals surface area contributed by atoms with Crippen LogP contribution >= 0.6 is 0 Å². The molecule has 2 aromatic carbocycles. The zero-order chi connectivity index (χ0) is 34.4. The molecule has 47 heavy (non-hydrogen) atoms. The number of hydrogen-bond donors (Lipinski definition) is 5. The lowest BCUT2D eigenvalue weighted by molar-refractivity contribution is -0.260. The molecule has 2 saturated heterocycles. The summed E-state index contributed by atoms with van der Waals surface area (Å²) in [7, 11) is -3.65. The Morgan fingerprint density at radius 2 is 1.74 bits per heavy atom. The summed E-state index contributed by atoms with van der Waals surface area (Å²) in [6.07, 6.45) is -5.70. The largest absolute Gasteiger partial charge is 0.480 e. The SMILES string of the molecule is C[C@@H]1[C@H](O)[C@@H](O)[C@H](Oc2ccccc2N=S(=O)(Oc2ccc(C[C@H](NC(=O)OC(C)(C)C)C(=O)O)cc2)N2CCOCC2)O[C@@H]1CO. The van der Waals surface area contributed by atoms with Crippen LogP contribution in [0, 0.1) is 5.92 Å². The molecule has 1 unspecified atom stereocenters. The third-order valence-electron chi connectivity index (χ3n) is 7.42. The fourth-order valence-corrected chi connectivity index (χ4v) is 6.49. The maximum atomic E-state index is 14.5. The highest BCUT2D eigenvalue weighted by atomic mass is 32.2. The van der Waals surface area contributed by atoms with Gasteiger partial charge in [-0.25, -0.2) is 9.59 Å². The molecule has 0 radical (unpaired) electrons. The number of carbonyl (C=O) groups is 2. The summed E-state index contributed by atoms with van der Waals surface area (Å²) < 4.78 is 48.8. The van der Waals surface area contributed by atoms with Crippen LogP contribution in [-0.4, -0.2) is 110 Å². The molecule has 0 aliphatic carbocycles. The van der Waals surface area contributed by atoms with Crippen molar-refractivity contribution in [3.63, 3.8) is 0 Å². The fraction of sp³-hybridized carbons (Fsp3) is 0.548. The number of morpholine rings is 1. The number of aliphatic carboxylic acids is 1. The second-order valence-electron chi connectivity index (χ2n) is 12.2. The van der Waals surface area contributed by atoms with Crippen LogP contribution in [0.1, 0.15) is 33.3 Å². The molecule has 16 heteroatoms. The lowest BCUT2D eigenvalue weighted by Gasteiger charge is -2.40. The van der Waals surface area contributed by atoms with Crippen LogP contribution in [0.4, 0.5) is 10.5 Å². The first-order chi connectivity index (χ1) is 22.2. The number of alkyl carbamates (subject to hydrolysis) is 1. The number of hydrogen-bond acceptors (Lipinski definition) is 12. The van der Waals surface area contributed by atoms with E-state index >= 15 is 0 Å². The highest BCUT2D eigenvalue weighted by molar-refractivity contribution is 7.87. The summed E-state index contributed by atoms with van der Waals surface area (Å²) in [5, 5.41) is 42.8. The van der Waals surface area contributed by atoms with Gasteiger partial charge in [0, 0.05) is 25.4 Å². The number of rotatable bonds is 11. The van der Waals surface area contributed by atoms with Gasteiger partial charge in [0.15, 0.2) is 0 Å². The second-order valence-corrected chi connectivity index (χ2v) is 14.0. The fourth-order valence-electron chi connectivity index (χ4n) is 4.86. The predicted molar refractivity (Wildman–Crippen MR) is 168 cm³/mol. The average molecular weight is 682 g/mol. The highest BCUT2D eigenvalue weighted by Crippen LogP contribution is 2.34. The number of amides is 1. The van der Waals surface area contributed by atoms with E-state index in [1.165, 1.54) is 22.5 Å². The van der Waals surface area contributed by atoms with Gasteiger partial charge < -0.3 is 48.9 Å². The molecule has 2 aromatic rings. The Hall–Kier alpha value is -3.51. The number of ether oxygens (including phenoxy) is 4. The molecule has 2 aliphatic rings. The third-order valence-corrected chi connectivity index (χ3v) is 9.27. The van der Waals surface area contributed by atoms with Crippen molar-refractivity contribution in [3.05, 3.63) is 54.1 Å². The van der Waals surface area contributed by atoms with Gasteiger partial charge in [0.1, 0.15) is 34.9 Å². The van der Waals surface area contributed by atoms with Crippen molar-refractivity contribution in [1.29, 1.82) is 0 Å². The molecule has 15 nitrogen and oxygen atoms in total. The molecule has 0 aromatic heterocycles. The van der Waals surface area contributed by atoms with E-state index < -0.39 is 71.0 Å². The number of carboxylic acids is 1. The molecular formula is C31H43N3O12S. The molecule has 2 heterocycles. The molecule has 0 saturated carbocycles. The van der Waals surface area contributed by atoms with Crippen LogP contribution < -0.4 is 14.2 Å². The number of carboxylic acid groups (broad SMARTS) is 1. The summed E-state index contributed by atoms with van der Waals surface area (Å²) in [4.78, 5) is 24.0. The van der Waals surface area contributed by atoms with Crippen molar-refractivity contribution < 1.29 is 57.4 Å². The van der Waals surface area contributed by atoms with E-state index in [-0.39, 0.29) is 49.9 Å². The van der Waals surface area contributed by atoms with E-state index in [4.69, 9.17) is 23.1 Å². The van der Waals surface area contributed by atoms with Gasteiger partial charge in [-0.1, -0.05) is 31.2 Å². The molecule has 5 N–H and O–H groups in total. The second kappa shape index (κ2) is 15.6. The zero-order valence-electron chi connectivity index (χ0n) is 26.7. The summed E-state index contributed by atoms with van der Waals surface area (Å²) in [6, 6.07) is 11.3. The van der Waals surface area contributed by atoms with Crippen LogP contribution in [0.25, 0.3) is 0 Å². The van der Waals surface area contributed by atoms with Gasteiger partial charge in [0.25, 0.3) is 10.2 Å². The van der Waals surface area contributed by atoms with E-state index in [2.05, 4.69) is 9.68 Å². The number of para-hydroxylation sites is 1. The third kappa shape index (κ3) is 9.76. The van der Waals surface area contributed by atoms with E-state index in [0.29, 0.717) is 5.56 Å². The Balaban J connectivity index is 1.58. The van der Waals surface area contributed by atoms with Gasteiger partial charge in [-0.3, -0.25) is 0 Å². The molecule has 0 bridgehead atoms. The lowest BCUT2D eigenvalue weighted by atomic mass is 9.91. The number of aliphatic hydroxyl groups excluding tert-OH is 3. The standard InChI is InChI=1S/C31H43N3O12S/c1-19-25(18-35)44-29(27(37)26(19)36)43-24-8-6-5-7-22(24)33-47(41,34-13-15-42-16-14-34)46-21-11-9-20(10-12-21)17-23(28(38)39)32-30(40)45-31(2,3)4/h5-12,19,23,25-27,29,35-37H,13-18H2,1-4H3,(H,32,40)(H,38,39)/t19-,23-,25+,26-,27+,29+,47?/m0/s1. The Morgan fingerprint density at radius 1 is 1.09 bits per heavy atom. The van der Waals surface area contributed by atoms with E-state index in [1.54, 1.807) is 58.0 Å². The van der Waals surface area contributed by atoms with Crippen LogP contribution in [0.15, 0.2) is 52.9 Å². The first kappa shape index (κ1) is 36.3. The maximum Gasteiger partial charge on any atom is 0.408 e. The molecule has 1 amide bonds. The van der Waals surface area contributed by atoms with Crippen molar-refractivity contribution >= 4 is 27.9 Å². The topological polar surface area (TPSA) is 206 Å². The van der Waals surface area contributed by atoms with Crippen molar-refractivity contribution in [2.75, 3.05) is 32.9 Å². The summed E-state index contributed by atoms with van der Waals surface area (Å²) in [5.74, 6) is -1.53. The first-order valence-electron chi connectivity index (χ1n) is 15.2. The minimum Gasteiger partial charge on any atom is -0.480 e. The van der Waals surface area contributed by atoms with Crippen molar-refractivity contribution in [3.8, 4) is 11.5 Å². The Labute approximate surface area is 273 Å². The number of benzene rings is 2. The molecule has 7 atom stereocenters. The molecule has 260 valence electrons. The van der Waals surface area contributed by atoms with Crippen LogP contribution in [0.3, 0.4) is 0 Å². The number of carbonyl (C=O) groups excluding carboxylic acids is 1. The predicted octanol–water partition coefficient (Wildman–Crippen LogP) is 2.00. The number of aliphatic hydroxyl groups is 3. The summed E-state index contributed by atoms with van der Waals surface area (Å²) >= 11 is 0. The summed E-state index contributed by atoms with van der Waals surface area (Å²) in [6.45, 7) is 7.31. The van der Waals surface area contributed by atoms with Crippen LogP contribution in [0.5, 0.6) is 11.5 Å². The molecule has 0 spiro atoms. The summed E-state index contributed by atoms with van der Waals surface area (Å²) in [5.41, 5.74) is -0.132. The van der Waals surface area contributed by atoms with Gasteiger partial charge in [-0.05, 0) is 50.6 Å². The zero-order valence-corrected chi connectivity index (χ0v) is 27.5. The molecule has 4 rings (SSSR count). The van der Waals surface area contributed by atoms with Crippen LogP contribution in [-0.2, 0) is 35.6 Å². The van der Waals surface area contributed by atoms with Gasteiger partial charge >= 0.3 is 12.1 Å². The van der Waals surface area contributed by atoms with Gasteiger partial charge in [0.2, 0.25) is 6.29 Å². The molecular weight excluding hydrogens is 638 g/mol. The highest BCUT2D eigenvalue weighted by Gasteiger charge is 2.43. The van der Waals surface area contributed by atoms with Crippen molar-refractivity contribution in [2.24, 2.45) is 10.3 Å². The van der Waals surface area contributed by atoms with Gasteiger partial charge in [0.05, 0.1) is 32.0 Å². The van der Waals surface area contributed by atoms with Crippen molar-refractivity contribution in [2.45, 2.75) is 70.4 Å². The van der Waals surface area contributed by atoms with Crippen LogP contribution in [0.2, 0.25) is 0 Å². The van der Waals surface area contributed by atoms with Gasteiger partial charge in [-0.15, -0.1) is 4.36 Å². The normalized spacial score (nSPS) is 25.6. The smallest absolute Gasteiger partial charge is 0.408 e. The lowest BCUT2D eigenvalue weighted by Crippen LogP contribution is -2.56. The minimum absolute atomic E-state index is 0.0531. The quantitative estimate of drug-likeness (QED) is 0.231. The Morgan fingerprint density at radius 3 is 2.36 bits per heavy atom. The first-order valence-corrected chi connectivity index (χ1v) is 16.6.